The van der Waals surface area contributed by atoms with Gasteiger partial charge in [0.15, 0.2) is 5.43 Å². The summed E-state index contributed by atoms with van der Waals surface area (Å²) in [4.78, 5) is 25.3. The van der Waals surface area contributed by atoms with E-state index in [1.165, 1.54) is 12.1 Å². The third kappa shape index (κ3) is 2.01. The fourth-order valence-electron chi connectivity index (χ4n) is 3.28. The van der Waals surface area contributed by atoms with Crippen LogP contribution in [0.3, 0.4) is 0 Å². The predicted molar refractivity (Wildman–Crippen MR) is 89.4 cm³/mol. The van der Waals surface area contributed by atoms with Gasteiger partial charge in [0, 0.05) is 0 Å². The summed E-state index contributed by atoms with van der Waals surface area (Å²) in [6, 6.07) is 9.54. The molecule has 5 heteroatoms. The lowest BCUT2D eigenvalue weighted by atomic mass is 9.98. The molecule has 0 fully saturated rings. The molecular formula is C19H15NO4. The van der Waals surface area contributed by atoms with Gasteiger partial charge in [-0.05, 0) is 48.7 Å². The van der Waals surface area contributed by atoms with Gasteiger partial charge >= 0.3 is 0 Å². The Morgan fingerprint density at radius 1 is 1.08 bits per heavy atom. The Bertz CT molecular complexity index is 1050. The van der Waals surface area contributed by atoms with Crippen LogP contribution in [0.1, 0.15) is 38.9 Å². The van der Waals surface area contributed by atoms with E-state index in [4.69, 9.17) is 4.42 Å². The second-order valence-corrected chi connectivity index (χ2v) is 6.13. The summed E-state index contributed by atoms with van der Waals surface area (Å²) < 4.78 is 5.80. The van der Waals surface area contributed by atoms with Gasteiger partial charge in [-0.3, -0.25) is 9.59 Å². The number of hydrogen-bond acceptors (Lipinski definition) is 4. The van der Waals surface area contributed by atoms with E-state index >= 15 is 0 Å². The van der Waals surface area contributed by atoms with Crippen molar-refractivity contribution in [1.82, 2.24) is 5.32 Å². The summed E-state index contributed by atoms with van der Waals surface area (Å²) >= 11 is 0. The Morgan fingerprint density at radius 3 is 2.50 bits per heavy atom. The summed E-state index contributed by atoms with van der Waals surface area (Å²) in [5.74, 6) is -0.209. The van der Waals surface area contributed by atoms with Crippen LogP contribution in [0.5, 0.6) is 5.75 Å². The van der Waals surface area contributed by atoms with E-state index in [0.29, 0.717) is 16.5 Å². The van der Waals surface area contributed by atoms with Crippen LogP contribution < -0.4 is 10.7 Å². The van der Waals surface area contributed by atoms with Gasteiger partial charge in [0.25, 0.3) is 5.91 Å². The molecule has 3 aromatic rings. The van der Waals surface area contributed by atoms with Crippen molar-refractivity contribution in [2.75, 3.05) is 0 Å². The van der Waals surface area contributed by atoms with Crippen LogP contribution in [0.25, 0.3) is 11.0 Å². The summed E-state index contributed by atoms with van der Waals surface area (Å²) in [6.45, 7) is 3.77. The van der Waals surface area contributed by atoms with E-state index in [9.17, 15) is 14.7 Å². The molecule has 2 heterocycles. The zero-order chi connectivity index (χ0) is 17.0. The molecule has 1 aromatic heterocycles. The van der Waals surface area contributed by atoms with Crippen molar-refractivity contribution in [3.8, 4) is 5.75 Å². The molecule has 1 atom stereocenters. The van der Waals surface area contributed by atoms with Gasteiger partial charge in [-0.2, -0.15) is 0 Å². The number of aromatic hydroxyl groups is 1. The minimum atomic E-state index is -0.574. The highest BCUT2D eigenvalue weighted by Gasteiger charge is 2.36. The number of fused-ring (bicyclic) bond motifs is 2. The SMILES string of the molecule is Cc1cc(C)c2oc3c(c(=O)c2c1)[C@@H](c1ccc(O)cc1)NC3=O. The van der Waals surface area contributed by atoms with E-state index in [1.807, 2.05) is 19.9 Å². The van der Waals surface area contributed by atoms with E-state index in [-0.39, 0.29) is 16.9 Å². The van der Waals surface area contributed by atoms with Crippen molar-refractivity contribution in [1.29, 1.82) is 0 Å². The molecule has 1 aliphatic heterocycles. The highest BCUT2D eigenvalue weighted by molar-refractivity contribution is 5.99. The first-order chi connectivity index (χ1) is 11.5. The Kier molecular flexibility index (Phi) is 3.00. The molecule has 2 N–H and O–H groups in total. The fourth-order valence-corrected chi connectivity index (χ4v) is 3.28. The summed E-state index contributed by atoms with van der Waals surface area (Å²) in [5, 5.41) is 12.7. The molecule has 0 spiro atoms. The Balaban J connectivity index is 2.02. The van der Waals surface area contributed by atoms with E-state index < -0.39 is 11.9 Å². The van der Waals surface area contributed by atoms with Crippen LogP contribution in [0, 0.1) is 13.8 Å². The van der Waals surface area contributed by atoms with Crippen molar-refractivity contribution in [3.05, 3.63) is 74.6 Å². The molecular weight excluding hydrogens is 306 g/mol. The van der Waals surface area contributed by atoms with Crippen molar-refractivity contribution in [3.63, 3.8) is 0 Å². The molecule has 0 saturated heterocycles. The van der Waals surface area contributed by atoms with Crippen LogP contribution >= 0.6 is 0 Å². The Hall–Kier alpha value is -3.08. The molecule has 5 nitrogen and oxygen atoms in total. The lowest BCUT2D eigenvalue weighted by Crippen LogP contribution is -2.21. The van der Waals surface area contributed by atoms with Gasteiger partial charge < -0.3 is 14.8 Å². The van der Waals surface area contributed by atoms with Gasteiger partial charge in [0.05, 0.1) is 17.0 Å². The molecule has 0 bridgehead atoms. The minimum Gasteiger partial charge on any atom is -0.508 e. The molecule has 1 aliphatic rings. The zero-order valence-electron chi connectivity index (χ0n) is 13.2. The number of phenols is 1. The monoisotopic (exact) mass is 321 g/mol. The maximum absolute atomic E-state index is 13.0. The number of phenolic OH excluding ortho intramolecular Hbond substituents is 1. The third-order valence-corrected chi connectivity index (χ3v) is 4.35. The molecule has 4 rings (SSSR count). The summed E-state index contributed by atoms with van der Waals surface area (Å²) in [6.07, 6.45) is 0. The zero-order valence-corrected chi connectivity index (χ0v) is 13.2. The molecule has 0 unspecified atom stereocenters. The molecule has 0 radical (unpaired) electrons. The summed E-state index contributed by atoms with van der Waals surface area (Å²) in [5.41, 5.74) is 3.08. The number of aryl methyl sites for hydroxylation is 2. The average Bonchev–Trinajstić information content (AvgIpc) is 2.87. The van der Waals surface area contributed by atoms with Gasteiger partial charge in [-0.1, -0.05) is 18.2 Å². The van der Waals surface area contributed by atoms with Gasteiger partial charge in [-0.25, -0.2) is 0 Å². The first-order valence-electron chi connectivity index (χ1n) is 7.63. The maximum atomic E-state index is 13.0. The van der Waals surface area contributed by atoms with Gasteiger partial charge in [0.2, 0.25) is 5.76 Å². The molecule has 24 heavy (non-hydrogen) atoms. The fraction of sp³-hybridized carbons (Fsp3) is 0.158. The molecule has 0 saturated carbocycles. The number of carbonyl (C=O) groups excluding carboxylic acids is 1. The highest BCUT2D eigenvalue weighted by Crippen LogP contribution is 2.32. The maximum Gasteiger partial charge on any atom is 0.288 e. The van der Waals surface area contributed by atoms with Crippen LogP contribution in [-0.2, 0) is 0 Å². The van der Waals surface area contributed by atoms with E-state index in [0.717, 1.165) is 16.7 Å². The first kappa shape index (κ1) is 14.5. The molecule has 120 valence electrons. The van der Waals surface area contributed by atoms with E-state index in [2.05, 4.69) is 5.32 Å². The molecule has 0 aliphatic carbocycles. The number of benzene rings is 2. The van der Waals surface area contributed by atoms with Crippen molar-refractivity contribution < 1.29 is 14.3 Å². The van der Waals surface area contributed by atoms with Crippen LogP contribution in [0.4, 0.5) is 0 Å². The lowest BCUT2D eigenvalue weighted by Gasteiger charge is -2.12. The number of rotatable bonds is 1. The van der Waals surface area contributed by atoms with Crippen molar-refractivity contribution >= 4 is 16.9 Å². The quantitative estimate of drug-likeness (QED) is 0.722. The van der Waals surface area contributed by atoms with E-state index in [1.54, 1.807) is 18.2 Å². The average molecular weight is 321 g/mol. The molecule has 1 amide bonds. The lowest BCUT2D eigenvalue weighted by molar-refractivity contribution is 0.0938. The Labute approximate surface area is 137 Å². The normalized spacial score (nSPS) is 16.2. The third-order valence-electron chi connectivity index (χ3n) is 4.35. The van der Waals surface area contributed by atoms with Gasteiger partial charge in [-0.15, -0.1) is 0 Å². The predicted octanol–water partition coefficient (Wildman–Crippen LogP) is 2.95. The van der Waals surface area contributed by atoms with Crippen LogP contribution in [-0.4, -0.2) is 11.0 Å². The second kappa shape index (κ2) is 4.96. The second-order valence-electron chi connectivity index (χ2n) is 6.13. The number of amides is 1. The molecule has 2 aromatic carbocycles. The highest BCUT2D eigenvalue weighted by atomic mass is 16.3. The smallest absolute Gasteiger partial charge is 0.288 e. The number of hydrogen-bond donors (Lipinski definition) is 2. The topological polar surface area (TPSA) is 79.5 Å². The van der Waals surface area contributed by atoms with Crippen molar-refractivity contribution in [2.45, 2.75) is 19.9 Å². The van der Waals surface area contributed by atoms with Crippen molar-refractivity contribution in [2.24, 2.45) is 0 Å². The largest absolute Gasteiger partial charge is 0.508 e. The van der Waals surface area contributed by atoms with Crippen LogP contribution in [0.15, 0.2) is 45.6 Å². The summed E-state index contributed by atoms with van der Waals surface area (Å²) in [7, 11) is 0. The number of nitrogens with one attached hydrogen (secondary N) is 1. The first-order valence-corrected chi connectivity index (χ1v) is 7.63. The standard InChI is InChI=1S/C19H15NO4/c1-9-7-10(2)17-13(8-9)16(22)14-15(20-19(23)18(14)24-17)11-3-5-12(21)6-4-11/h3-8,15,21H,1-2H3,(H,20,23)/t15-/m1/s1. The Morgan fingerprint density at radius 2 is 1.79 bits per heavy atom. The minimum absolute atomic E-state index is 0.0672. The van der Waals surface area contributed by atoms with Crippen LogP contribution in [0.2, 0.25) is 0 Å². The van der Waals surface area contributed by atoms with Gasteiger partial charge in [0.1, 0.15) is 11.3 Å². The number of carbonyl (C=O) groups is 1.